The lowest BCUT2D eigenvalue weighted by Crippen LogP contribution is -2.34. The Balaban J connectivity index is 2.00. The van der Waals surface area contributed by atoms with Crippen LogP contribution in [0.25, 0.3) is 21.8 Å². The molecule has 2 N–H and O–H groups in total. The number of amides is 1. The molecule has 0 aliphatic heterocycles. The van der Waals surface area contributed by atoms with E-state index < -0.39 is 0 Å². The van der Waals surface area contributed by atoms with Crippen LogP contribution in [0.4, 0.5) is 0 Å². The summed E-state index contributed by atoms with van der Waals surface area (Å²) in [6.45, 7) is 4.43. The second-order valence-electron chi connectivity index (χ2n) is 5.65. The topological polar surface area (TPSA) is 63.1 Å². The van der Waals surface area contributed by atoms with E-state index in [0.29, 0.717) is 17.3 Å². The van der Waals surface area contributed by atoms with Crippen LogP contribution in [0.3, 0.4) is 0 Å². The molecule has 0 atom stereocenters. The smallest absolute Gasteiger partial charge is 0.240 e. The SMILES string of the molecule is CCNCCNC(=O)Cn1c2ccccc2c(=O)c2ccccc21. The summed E-state index contributed by atoms with van der Waals surface area (Å²) in [5.74, 6) is -0.0631. The van der Waals surface area contributed by atoms with Gasteiger partial charge in [-0.15, -0.1) is 0 Å². The fourth-order valence-corrected chi connectivity index (χ4v) is 2.91. The summed E-state index contributed by atoms with van der Waals surface area (Å²) in [6, 6.07) is 14.8. The van der Waals surface area contributed by atoms with Gasteiger partial charge in [-0.05, 0) is 30.8 Å². The lowest BCUT2D eigenvalue weighted by Gasteiger charge is -2.15. The molecule has 0 spiro atoms. The predicted molar refractivity (Wildman–Crippen MR) is 97.3 cm³/mol. The van der Waals surface area contributed by atoms with E-state index in [1.165, 1.54) is 0 Å². The molecule has 0 bridgehead atoms. The zero-order valence-electron chi connectivity index (χ0n) is 13.7. The van der Waals surface area contributed by atoms with Gasteiger partial charge in [0, 0.05) is 23.9 Å². The first-order valence-electron chi connectivity index (χ1n) is 8.20. The van der Waals surface area contributed by atoms with E-state index in [1.54, 1.807) is 0 Å². The molecule has 0 unspecified atom stereocenters. The van der Waals surface area contributed by atoms with Crippen molar-refractivity contribution in [2.45, 2.75) is 13.5 Å². The monoisotopic (exact) mass is 323 g/mol. The average molecular weight is 323 g/mol. The Hall–Kier alpha value is -2.66. The van der Waals surface area contributed by atoms with E-state index in [-0.39, 0.29) is 17.9 Å². The van der Waals surface area contributed by atoms with Crippen LogP contribution in [0.1, 0.15) is 6.92 Å². The third-order valence-corrected chi connectivity index (χ3v) is 4.05. The molecule has 5 heteroatoms. The molecule has 0 saturated heterocycles. The number of nitrogens with one attached hydrogen (secondary N) is 2. The largest absolute Gasteiger partial charge is 0.353 e. The van der Waals surface area contributed by atoms with Crippen molar-refractivity contribution in [3.8, 4) is 0 Å². The first kappa shape index (κ1) is 16.2. The van der Waals surface area contributed by atoms with Crippen molar-refractivity contribution in [3.63, 3.8) is 0 Å². The minimum Gasteiger partial charge on any atom is -0.353 e. The maximum Gasteiger partial charge on any atom is 0.240 e. The average Bonchev–Trinajstić information content (AvgIpc) is 2.62. The standard InChI is InChI=1S/C19H21N3O2/c1-2-20-11-12-21-18(23)13-22-16-9-5-3-7-14(16)19(24)15-8-4-6-10-17(15)22/h3-10,20H,2,11-13H2,1H3,(H,21,23). The number of carbonyl (C=O) groups excluding carboxylic acids is 1. The lowest BCUT2D eigenvalue weighted by molar-refractivity contribution is -0.121. The molecular formula is C19H21N3O2. The molecular weight excluding hydrogens is 302 g/mol. The molecule has 124 valence electrons. The number of fused-ring (bicyclic) bond motifs is 2. The van der Waals surface area contributed by atoms with Crippen molar-refractivity contribution in [1.29, 1.82) is 0 Å². The third-order valence-electron chi connectivity index (χ3n) is 4.05. The van der Waals surface area contributed by atoms with Gasteiger partial charge in [-0.2, -0.15) is 0 Å². The number of pyridine rings is 1. The number of para-hydroxylation sites is 2. The molecule has 24 heavy (non-hydrogen) atoms. The maximum absolute atomic E-state index is 12.6. The van der Waals surface area contributed by atoms with E-state index >= 15 is 0 Å². The van der Waals surface area contributed by atoms with E-state index in [4.69, 9.17) is 0 Å². The highest BCUT2D eigenvalue weighted by molar-refractivity contribution is 5.94. The summed E-state index contributed by atoms with van der Waals surface area (Å²) < 4.78 is 1.91. The van der Waals surface area contributed by atoms with Crippen LogP contribution < -0.4 is 16.1 Å². The van der Waals surface area contributed by atoms with Gasteiger partial charge in [0.1, 0.15) is 6.54 Å². The van der Waals surface area contributed by atoms with Gasteiger partial charge in [0.15, 0.2) is 5.43 Å². The molecule has 1 heterocycles. The number of likely N-dealkylation sites (N-methyl/N-ethyl adjacent to an activating group) is 1. The van der Waals surface area contributed by atoms with Gasteiger partial charge in [-0.3, -0.25) is 9.59 Å². The summed E-state index contributed by atoms with van der Waals surface area (Å²) in [4.78, 5) is 25.0. The van der Waals surface area contributed by atoms with Crippen LogP contribution in [0.15, 0.2) is 53.3 Å². The number of rotatable bonds is 6. The second kappa shape index (κ2) is 7.27. The van der Waals surface area contributed by atoms with Crippen LogP contribution in [-0.4, -0.2) is 30.1 Å². The molecule has 3 rings (SSSR count). The third kappa shape index (κ3) is 3.16. The fourth-order valence-electron chi connectivity index (χ4n) is 2.91. The minimum absolute atomic E-state index is 0.00463. The van der Waals surface area contributed by atoms with Crippen molar-refractivity contribution >= 4 is 27.7 Å². The Kier molecular flexibility index (Phi) is 4.91. The van der Waals surface area contributed by atoms with Gasteiger partial charge >= 0.3 is 0 Å². The molecule has 0 aliphatic rings. The number of aromatic nitrogens is 1. The Morgan fingerprint density at radius 3 is 2.12 bits per heavy atom. The summed E-state index contributed by atoms with van der Waals surface area (Å²) in [5, 5.41) is 7.35. The molecule has 2 aromatic carbocycles. The number of benzene rings is 2. The molecule has 0 saturated carbocycles. The van der Waals surface area contributed by atoms with Crippen LogP contribution >= 0.6 is 0 Å². The van der Waals surface area contributed by atoms with Gasteiger partial charge in [-0.25, -0.2) is 0 Å². The van der Waals surface area contributed by atoms with Crippen molar-refractivity contribution in [3.05, 3.63) is 58.8 Å². The van der Waals surface area contributed by atoms with Crippen molar-refractivity contribution in [2.75, 3.05) is 19.6 Å². The van der Waals surface area contributed by atoms with Gasteiger partial charge in [0.05, 0.1) is 11.0 Å². The van der Waals surface area contributed by atoms with Gasteiger partial charge in [0.25, 0.3) is 0 Å². The lowest BCUT2D eigenvalue weighted by atomic mass is 10.1. The van der Waals surface area contributed by atoms with Crippen LogP contribution in [0, 0.1) is 0 Å². The van der Waals surface area contributed by atoms with Gasteiger partial charge in [-0.1, -0.05) is 31.2 Å². The second-order valence-corrected chi connectivity index (χ2v) is 5.65. The first-order chi connectivity index (χ1) is 11.7. The zero-order chi connectivity index (χ0) is 16.9. The number of carbonyl (C=O) groups is 1. The highest BCUT2D eigenvalue weighted by Gasteiger charge is 2.12. The molecule has 5 nitrogen and oxygen atoms in total. The van der Waals surface area contributed by atoms with Crippen molar-refractivity contribution in [1.82, 2.24) is 15.2 Å². The van der Waals surface area contributed by atoms with Gasteiger partial charge < -0.3 is 15.2 Å². The van der Waals surface area contributed by atoms with E-state index in [9.17, 15) is 9.59 Å². The highest BCUT2D eigenvalue weighted by Crippen LogP contribution is 2.18. The highest BCUT2D eigenvalue weighted by atomic mass is 16.2. The Bertz CT molecular complexity index is 871. The summed E-state index contributed by atoms with van der Waals surface area (Å²) in [6.07, 6.45) is 0. The fraction of sp³-hybridized carbons (Fsp3) is 0.263. The molecule has 0 fully saturated rings. The predicted octanol–water partition coefficient (Wildman–Crippen LogP) is 1.88. The summed E-state index contributed by atoms with van der Waals surface area (Å²) in [5.41, 5.74) is 1.57. The summed E-state index contributed by atoms with van der Waals surface area (Å²) in [7, 11) is 0. The summed E-state index contributed by atoms with van der Waals surface area (Å²) >= 11 is 0. The molecule has 1 amide bonds. The zero-order valence-corrected chi connectivity index (χ0v) is 13.7. The molecule has 3 aromatic rings. The Labute approximate surface area is 140 Å². The van der Waals surface area contributed by atoms with E-state index in [0.717, 1.165) is 24.1 Å². The van der Waals surface area contributed by atoms with Gasteiger partial charge in [0.2, 0.25) is 5.91 Å². The minimum atomic E-state index is -0.0631. The molecule has 0 radical (unpaired) electrons. The Morgan fingerprint density at radius 2 is 1.54 bits per heavy atom. The maximum atomic E-state index is 12.6. The van der Waals surface area contributed by atoms with Crippen LogP contribution in [-0.2, 0) is 11.3 Å². The first-order valence-corrected chi connectivity index (χ1v) is 8.20. The van der Waals surface area contributed by atoms with Crippen LogP contribution in [0.2, 0.25) is 0 Å². The number of hydrogen-bond acceptors (Lipinski definition) is 3. The van der Waals surface area contributed by atoms with Crippen LogP contribution in [0.5, 0.6) is 0 Å². The van der Waals surface area contributed by atoms with Crippen molar-refractivity contribution in [2.24, 2.45) is 0 Å². The number of nitrogens with zero attached hydrogens (tertiary/aromatic N) is 1. The van der Waals surface area contributed by atoms with E-state index in [1.807, 2.05) is 60.0 Å². The normalized spacial score (nSPS) is 11.0. The van der Waals surface area contributed by atoms with E-state index in [2.05, 4.69) is 10.6 Å². The quantitative estimate of drug-likeness (QED) is 0.538. The Morgan fingerprint density at radius 1 is 0.958 bits per heavy atom. The molecule has 1 aromatic heterocycles. The van der Waals surface area contributed by atoms with Crippen molar-refractivity contribution < 1.29 is 4.79 Å². The molecule has 0 aliphatic carbocycles. The number of hydrogen-bond donors (Lipinski definition) is 2.